The van der Waals surface area contributed by atoms with Crippen molar-refractivity contribution in [3.63, 3.8) is 0 Å². The Kier molecular flexibility index (Phi) is 4.54. The molecule has 6 heteroatoms. The van der Waals surface area contributed by atoms with E-state index in [2.05, 4.69) is 41.3 Å². The number of hydrogen-bond acceptors (Lipinski definition) is 4. The first-order valence-corrected chi connectivity index (χ1v) is 7.26. The van der Waals surface area contributed by atoms with Crippen molar-refractivity contribution in [2.24, 2.45) is 0 Å². The van der Waals surface area contributed by atoms with E-state index in [0.717, 1.165) is 25.1 Å². The molecule has 0 amide bonds. The van der Waals surface area contributed by atoms with Crippen LogP contribution in [0.15, 0.2) is 10.9 Å². The zero-order valence-electron chi connectivity index (χ0n) is 12.6. The van der Waals surface area contributed by atoms with Crippen molar-refractivity contribution in [1.82, 2.24) is 24.9 Å². The Hall–Kier alpha value is -1.69. The van der Waals surface area contributed by atoms with Gasteiger partial charge in [0.1, 0.15) is 5.82 Å². The van der Waals surface area contributed by atoms with Crippen molar-refractivity contribution in [3.05, 3.63) is 28.1 Å². The van der Waals surface area contributed by atoms with Crippen LogP contribution in [-0.2, 0) is 0 Å². The summed E-state index contributed by atoms with van der Waals surface area (Å²) in [5.41, 5.74) is 1.37. The average molecular weight is 277 g/mol. The van der Waals surface area contributed by atoms with Gasteiger partial charge in [0.2, 0.25) is 0 Å². The summed E-state index contributed by atoms with van der Waals surface area (Å²) in [5.74, 6) is 0.954. The molecular weight excluding hydrogens is 254 g/mol. The minimum Gasteiger partial charge on any atom is -0.313 e. The lowest BCUT2D eigenvalue weighted by Crippen LogP contribution is -2.34. The van der Waals surface area contributed by atoms with Gasteiger partial charge in [0, 0.05) is 18.0 Å². The number of fused-ring (bicyclic) bond motifs is 1. The molecule has 0 bridgehead atoms. The van der Waals surface area contributed by atoms with Crippen LogP contribution in [-0.4, -0.2) is 32.2 Å². The van der Waals surface area contributed by atoms with Crippen LogP contribution in [0.1, 0.15) is 51.0 Å². The number of nitrogens with zero attached hydrogens (tertiary/aromatic N) is 3. The molecule has 0 aliphatic carbocycles. The maximum atomic E-state index is 11.6. The van der Waals surface area contributed by atoms with Gasteiger partial charge < -0.3 is 5.32 Å². The third-order valence-electron chi connectivity index (χ3n) is 3.76. The third kappa shape index (κ3) is 2.75. The molecule has 2 N–H and O–H groups in total. The lowest BCUT2D eigenvalue weighted by molar-refractivity contribution is 0.432. The van der Waals surface area contributed by atoms with Crippen molar-refractivity contribution in [1.29, 1.82) is 0 Å². The monoisotopic (exact) mass is 277 g/mol. The summed E-state index contributed by atoms with van der Waals surface area (Å²) in [7, 11) is 0. The highest BCUT2D eigenvalue weighted by atomic mass is 16.1. The predicted molar refractivity (Wildman–Crippen MR) is 79.1 cm³/mol. The molecule has 2 rings (SSSR count). The highest BCUT2D eigenvalue weighted by molar-refractivity contribution is 5.39. The summed E-state index contributed by atoms with van der Waals surface area (Å²) < 4.78 is 1.50. The Balaban J connectivity index is 2.34. The van der Waals surface area contributed by atoms with Gasteiger partial charge in [-0.1, -0.05) is 20.8 Å². The second kappa shape index (κ2) is 6.17. The number of aryl methyl sites for hydroxylation is 1. The van der Waals surface area contributed by atoms with Gasteiger partial charge >= 0.3 is 5.69 Å². The zero-order valence-corrected chi connectivity index (χ0v) is 12.6. The summed E-state index contributed by atoms with van der Waals surface area (Å²) >= 11 is 0. The average Bonchev–Trinajstić information content (AvgIpc) is 2.81. The van der Waals surface area contributed by atoms with Crippen LogP contribution >= 0.6 is 0 Å². The molecule has 2 aromatic rings. The first-order chi connectivity index (χ1) is 9.58. The fourth-order valence-electron chi connectivity index (χ4n) is 2.56. The molecular formula is C14H23N5O. The molecule has 0 saturated heterocycles. The first kappa shape index (κ1) is 14.7. The number of rotatable bonds is 6. The molecule has 0 fully saturated rings. The summed E-state index contributed by atoms with van der Waals surface area (Å²) in [6.07, 6.45) is 2.16. The lowest BCUT2D eigenvalue weighted by Gasteiger charge is -2.23. The van der Waals surface area contributed by atoms with Crippen molar-refractivity contribution in [2.45, 2.75) is 52.5 Å². The number of hydrogen-bond donors (Lipinski definition) is 2. The van der Waals surface area contributed by atoms with Crippen LogP contribution < -0.4 is 11.0 Å². The highest BCUT2D eigenvalue weighted by Gasteiger charge is 2.19. The topological polar surface area (TPSA) is 75.1 Å². The second-order valence-corrected chi connectivity index (χ2v) is 5.21. The minimum absolute atomic E-state index is 0.236. The molecule has 2 heterocycles. The maximum absolute atomic E-state index is 11.6. The van der Waals surface area contributed by atoms with E-state index >= 15 is 0 Å². The number of aromatic nitrogens is 4. The summed E-state index contributed by atoms with van der Waals surface area (Å²) in [4.78, 5) is 16.2. The Morgan fingerprint density at radius 1 is 1.45 bits per heavy atom. The van der Waals surface area contributed by atoms with Crippen LogP contribution in [0.4, 0.5) is 0 Å². The van der Waals surface area contributed by atoms with E-state index in [-0.39, 0.29) is 11.6 Å². The quantitative estimate of drug-likeness (QED) is 0.841. The lowest BCUT2D eigenvalue weighted by atomic mass is 9.95. The minimum atomic E-state index is -0.236. The normalized spacial score (nSPS) is 14.6. The third-order valence-corrected chi connectivity index (χ3v) is 3.76. The molecule has 20 heavy (non-hydrogen) atoms. The Labute approximate surface area is 118 Å². The van der Waals surface area contributed by atoms with Gasteiger partial charge in [-0.15, -0.1) is 0 Å². The van der Waals surface area contributed by atoms with E-state index in [1.54, 1.807) is 0 Å². The fourth-order valence-corrected chi connectivity index (χ4v) is 2.56. The molecule has 2 aromatic heterocycles. The Morgan fingerprint density at radius 3 is 2.85 bits per heavy atom. The van der Waals surface area contributed by atoms with Crippen LogP contribution in [0.25, 0.3) is 5.65 Å². The van der Waals surface area contributed by atoms with Crippen molar-refractivity contribution >= 4 is 5.65 Å². The van der Waals surface area contributed by atoms with Crippen molar-refractivity contribution in [2.75, 3.05) is 6.54 Å². The number of nitrogens with one attached hydrogen (secondary N) is 2. The van der Waals surface area contributed by atoms with Crippen LogP contribution in [0, 0.1) is 6.92 Å². The summed E-state index contributed by atoms with van der Waals surface area (Å²) in [5, 5.41) is 10.1. The molecule has 110 valence electrons. The SMILES string of the molecule is CCCNC(CC)C(C)c1cc2n[nH]c(=O)n2c(C)n1. The molecule has 0 aromatic carbocycles. The first-order valence-electron chi connectivity index (χ1n) is 7.26. The number of aromatic amines is 1. The fraction of sp³-hybridized carbons (Fsp3) is 0.643. The zero-order chi connectivity index (χ0) is 14.7. The van der Waals surface area contributed by atoms with E-state index in [4.69, 9.17) is 0 Å². The van der Waals surface area contributed by atoms with Crippen molar-refractivity contribution < 1.29 is 0 Å². The predicted octanol–water partition coefficient (Wildman–Crippen LogP) is 1.61. The Morgan fingerprint density at radius 2 is 2.20 bits per heavy atom. The van der Waals surface area contributed by atoms with Crippen LogP contribution in [0.5, 0.6) is 0 Å². The standard InChI is InChI=1S/C14H23N5O/c1-5-7-15-11(6-2)9(3)12-8-13-17-18-14(20)19(13)10(4)16-12/h8-9,11,15H,5-7H2,1-4H3,(H,18,20). The van der Waals surface area contributed by atoms with Crippen molar-refractivity contribution in [3.8, 4) is 0 Å². The second-order valence-electron chi connectivity index (χ2n) is 5.21. The van der Waals surface area contributed by atoms with Gasteiger partial charge in [-0.2, -0.15) is 5.10 Å². The highest BCUT2D eigenvalue weighted by Crippen LogP contribution is 2.20. The molecule has 6 nitrogen and oxygen atoms in total. The Bertz CT molecular complexity index is 630. The van der Waals surface area contributed by atoms with E-state index < -0.39 is 0 Å². The molecule has 0 aliphatic heterocycles. The van der Waals surface area contributed by atoms with E-state index in [0.29, 0.717) is 17.5 Å². The molecule has 0 saturated carbocycles. The maximum Gasteiger partial charge on any atom is 0.349 e. The molecule has 0 radical (unpaired) electrons. The summed E-state index contributed by atoms with van der Waals surface area (Å²) in [6.45, 7) is 9.34. The molecule has 2 atom stereocenters. The van der Waals surface area contributed by atoms with E-state index in [9.17, 15) is 4.79 Å². The molecule has 0 spiro atoms. The smallest absolute Gasteiger partial charge is 0.313 e. The van der Waals surface area contributed by atoms with Gasteiger partial charge in [0.15, 0.2) is 5.65 Å². The van der Waals surface area contributed by atoms with E-state index in [1.807, 2.05) is 13.0 Å². The van der Waals surface area contributed by atoms with Gasteiger partial charge in [-0.25, -0.2) is 19.3 Å². The van der Waals surface area contributed by atoms with Crippen LogP contribution in [0.2, 0.25) is 0 Å². The molecule has 0 aliphatic rings. The number of H-pyrrole nitrogens is 1. The van der Waals surface area contributed by atoms with Gasteiger partial charge in [0.05, 0.1) is 5.69 Å². The molecule has 2 unspecified atom stereocenters. The summed E-state index contributed by atoms with van der Waals surface area (Å²) in [6, 6.07) is 2.28. The van der Waals surface area contributed by atoms with Gasteiger partial charge in [-0.05, 0) is 26.3 Å². The van der Waals surface area contributed by atoms with Crippen LogP contribution in [0.3, 0.4) is 0 Å². The van der Waals surface area contributed by atoms with E-state index in [1.165, 1.54) is 4.40 Å². The van der Waals surface area contributed by atoms with Gasteiger partial charge in [0.25, 0.3) is 0 Å². The van der Waals surface area contributed by atoms with Gasteiger partial charge in [-0.3, -0.25) is 0 Å². The largest absolute Gasteiger partial charge is 0.349 e.